The fourth-order valence-electron chi connectivity index (χ4n) is 2.20. The van der Waals surface area contributed by atoms with Crippen LogP contribution in [0.15, 0.2) is 11.4 Å². The Morgan fingerprint density at radius 1 is 1.44 bits per heavy atom. The minimum Gasteiger partial charge on any atom is -0.396 e. The van der Waals surface area contributed by atoms with Crippen LogP contribution in [0.4, 0.5) is 0 Å². The Labute approximate surface area is 112 Å². The Balaban J connectivity index is 1.94. The van der Waals surface area contributed by atoms with E-state index >= 15 is 0 Å². The number of thiophene rings is 1. The Morgan fingerprint density at radius 2 is 2.33 bits per heavy atom. The molecule has 1 aromatic rings. The van der Waals surface area contributed by atoms with E-state index in [9.17, 15) is 0 Å². The third-order valence-electron chi connectivity index (χ3n) is 3.20. The van der Waals surface area contributed by atoms with Crippen LogP contribution in [0.1, 0.15) is 23.3 Å². The molecule has 0 bridgehead atoms. The molecular formula is C14H19NO2S. The van der Waals surface area contributed by atoms with Crippen LogP contribution in [-0.4, -0.2) is 41.4 Å². The van der Waals surface area contributed by atoms with Crippen molar-refractivity contribution in [3.05, 3.63) is 21.9 Å². The monoisotopic (exact) mass is 265 g/mol. The summed E-state index contributed by atoms with van der Waals surface area (Å²) in [5, 5.41) is 19.9. The minimum absolute atomic E-state index is 0.122. The summed E-state index contributed by atoms with van der Waals surface area (Å²) in [6.45, 7) is 3.39. The lowest BCUT2D eigenvalue weighted by atomic mass is 10.1. The maximum atomic E-state index is 9.14. The molecule has 2 rings (SSSR count). The predicted molar refractivity (Wildman–Crippen MR) is 73.4 cm³/mol. The summed E-state index contributed by atoms with van der Waals surface area (Å²) in [6.07, 6.45) is 1.62. The summed E-state index contributed by atoms with van der Waals surface area (Å²) >= 11 is 1.73. The van der Waals surface area contributed by atoms with Gasteiger partial charge in [-0.3, -0.25) is 4.90 Å². The summed E-state index contributed by atoms with van der Waals surface area (Å²) in [4.78, 5) is 3.67. The Kier molecular flexibility index (Phi) is 5.21. The molecule has 0 spiro atoms. The van der Waals surface area contributed by atoms with Crippen LogP contribution in [0.25, 0.3) is 0 Å². The first-order valence-corrected chi connectivity index (χ1v) is 7.20. The lowest BCUT2D eigenvalue weighted by Crippen LogP contribution is -2.20. The summed E-state index contributed by atoms with van der Waals surface area (Å²) in [6, 6.07) is 2.05. The third kappa shape index (κ3) is 3.56. The van der Waals surface area contributed by atoms with Gasteiger partial charge in [-0.1, -0.05) is 11.8 Å². The molecule has 18 heavy (non-hydrogen) atoms. The molecule has 3 nitrogen and oxygen atoms in total. The normalized spacial score (nSPS) is 19.8. The fraction of sp³-hybridized carbons (Fsp3) is 0.571. The second-order valence-electron chi connectivity index (χ2n) is 4.61. The third-order valence-corrected chi connectivity index (χ3v) is 4.11. The van der Waals surface area contributed by atoms with Crippen molar-refractivity contribution >= 4 is 11.3 Å². The molecule has 1 aliphatic heterocycles. The Morgan fingerprint density at radius 3 is 3.06 bits per heavy atom. The highest BCUT2D eigenvalue weighted by atomic mass is 32.1. The maximum absolute atomic E-state index is 9.14. The second-order valence-corrected chi connectivity index (χ2v) is 5.61. The molecular weight excluding hydrogens is 246 g/mol. The van der Waals surface area contributed by atoms with Crippen LogP contribution >= 0.6 is 11.3 Å². The molecule has 4 heteroatoms. The van der Waals surface area contributed by atoms with Gasteiger partial charge in [0.15, 0.2) is 0 Å². The zero-order chi connectivity index (χ0) is 12.8. The van der Waals surface area contributed by atoms with Crippen LogP contribution in [0, 0.1) is 17.8 Å². The van der Waals surface area contributed by atoms with Crippen LogP contribution < -0.4 is 0 Å². The summed E-state index contributed by atoms with van der Waals surface area (Å²) < 4.78 is 0. The Bertz CT molecular complexity index is 432. The van der Waals surface area contributed by atoms with E-state index in [4.69, 9.17) is 10.2 Å². The van der Waals surface area contributed by atoms with Gasteiger partial charge in [-0.05, 0) is 30.3 Å². The van der Waals surface area contributed by atoms with Gasteiger partial charge >= 0.3 is 0 Å². The molecule has 2 N–H and O–H groups in total. The lowest BCUT2D eigenvalue weighted by molar-refractivity contribution is 0.220. The number of aliphatic hydroxyl groups is 2. The summed E-state index contributed by atoms with van der Waals surface area (Å²) in [7, 11) is 0. The van der Waals surface area contributed by atoms with E-state index in [1.165, 1.54) is 4.88 Å². The first-order valence-electron chi connectivity index (χ1n) is 6.32. The van der Waals surface area contributed by atoms with Gasteiger partial charge in [0, 0.05) is 36.6 Å². The van der Waals surface area contributed by atoms with E-state index in [0.29, 0.717) is 18.9 Å². The predicted octanol–water partition coefficient (Wildman–Crippen LogP) is 1.30. The molecule has 1 fully saturated rings. The molecule has 1 aromatic heterocycles. The van der Waals surface area contributed by atoms with Crippen LogP contribution in [0.5, 0.6) is 0 Å². The number of hydrogen-bond donors (Lipinski definition) is 2. The van der Waals surface area contributed by atoms with E-state index in [1.54, 1.807) is 11.3 Å². The summed E-state index contributed by atoms with van der Waals surface area (Å²) in [5.41, 5.74) is 1.08. The van der Waals surface area contributed by atoms with Gasteiger partial charge in [0.1, 0.15) is 0 Å². The van der Waals surface area contributed by atoms with Crippen LogP contribution in [0.2, 0.25) is 0 Å². The Hall–Kier alpha value is -0.860. The van der Waals surface area contributed by atoms with E-state index in [1.807, 2.05) is 6.07 Å². The van der Waals surface area contributed by atoms with Crippen molar-refractivity contribution < 1.29 is 10.2 Å². The first-order chi connectivity index (χ1) is 8.83. The van der Waals surface area contributed by atoms with Gasteiger partial charge in [0.05, 0.1) is 6.61 Å². The molecule has 98 valence electrons. The summed E-state index contributed by atoms with van der Waals surface area (Å²) in [5.74, 6) is 6.53. The molecule has 0 aliphatic carbocycles. The lowest BCUT2D eigenvalue weighted by Gasteiger charge is -2.14. The highest BCUT2D eigenvalue weighted by Gasteiger charge is 2.22. The van der Waals surface area contributed by atoms with Crippen molar-refractivity contribution in [3.8, 4) is 11.8 Å². The second kappa shape index (κ2) is 6.91. The van der Waals surface area contributed by atoms with Gasteiger partial charge in [0.2, 0.25) is 0 Å². The molecule has 0 aromatic carbocycles. The maximum Gasteiger partial charge on any atom is 0.0540 e. The van der Waals surface area contributed by atoms with Gasteiger partial charge < -0.3 is 10.2 Å². The number of hydrogen-bond acceptors (Lipinski definition) is 4. The van der Waals surface area contributed by atoms with Crippen molar-refractivity contribution in [2.24, 2.45) is 5.92 Å². The van der Waals surface area contributed by atoms with E-state index in [0.717, 1.165) is 31.6 Å². The zero-order valence-electron chi connectivity index (χ0n) is 10.4. The molecule has 1 saturated heterocycles. The first kappa shape index (κ1) is 13.6. The van der Waals surface area contributed by atoms with Crippen molar-refractivity contribution in [1.82, 2.24) is 4.90 Å². The van der Waals surface area contributed by atoms with Crippen molar-refractivity contribution in [1.29, 1.82) is 0 Å². The molecule has 1 aliphatic rings. The smallest absolute Gasteiger partial charge is 0.0540 e. The quantitative estimate of drug-likeness (QED) is 0.807. The molecule has 0 radical (unpaired) electrons. The largest absolute Gasteiger partial charge is 0.396 e. The average Bonchev–Trinajstić information content (AvgIpc) is 3.00. The van der Waals surface area contributed by atoms with Crippen LogP contribution in [0.3, 0.4) is 0 Å². The SMILES string of the molecule is OCCC#Cc1ccsc1CN1CCC(CO)C1. The van der Waals surface area contributed by atoms with E-state index < -0.39 is 0 Å². The van der Waals surface area contributed by atoms with Gasteiger partial charge in [-0.2, -0.15) is 0 Å². The molecule has 1 atom stereocenters. The molecule has 0 saturated carbocycles. The van der Waals surface area contributed by atoms with Crippen molar-refractivity contribution in [3.63, 3.8) is 0 Å². The highest BCUT2D eigenvalue weighted by Crippen LogP contribution is 2.22. The van der Waals surface area contributed by atoms with Gasteiger partial charge in [-0.25, -0.2) is 0 Å². The standard InChI is InChI=1S/C14H19NO2S/c16-7-2-1-3-13-5-8-18-14(13)10-15-6-4-12(9-15)11-17/h5,8,12,16-17H,2,4,6-7,9-11H2. The van der Waals surface area contributed by atoms with E-state index in [2.05, 4.69) is 22.1 Å². The molecule has 1 unspecified atom stereocenters. The van der Waals surface area contributed by atoms with E-state index in [-0.39, 0.29) is 6.61 Å². The van der Waals surface area contributed by atoms with Gasteiger partial charge in [-0.15, -0.1) is 11.3 Å². The highest BCUT2D eigenvalue weighted by molar-refractivity contribution is 7.10. The minimum atomic E-state index is 0.122. The molecule has 0 amide bonds. The zero-order valence-corrected chi connectivity index (χ0v) is 11.2. The number of aliphatic hydroxyl groups excluding tert-OH is 2. The number of likely N-dealkylation sites (tertiary alicyclic amines) is 1. The number of rotatable bonds is 4. The molecule has 2 heterocycles. The van der Waals surface area contributed by atoms with Gasteiger partial charge in [0.25, 0.3) is 0 Å². The number of nitrogens with zero attached hydrogens (tertiary/aromatic N) is 1. The average molecular weight is 265 g/mol. The van der Waals surface area contributed by atoms with Crippen molar-refractivity contribution in [2.75, 3.05) is 26.3 Å². The fourth-order valence-corrected chi connectivity index (χ4v) is 3.07. The van der Waals surface area contributed by atoms with Crippen molar-refractivity contribution in [2.45, 2.75) is 19.4 Å². The topological polar surface area (TPSA) is 43.7 Å². The van der Waals surface area contributed by atoms with Crippen LogP contribution in [-0.2, 0) is 6.54 Å².